The number of hydrogen-bond acceptors (Lipinski definition) is 8. The van der Waals surface area contributed by atoms with Crippen LogP contribution in [-0.4, -0.2) is 73.4 Å². The first-order valence-corrected chi connectivity index (χ1v) is 16.1. The molecule has 4 amide bonds. The summed E-state index contributed by atoms with van der Waals surface area (Å²) >= 11 is 0. The number of amides is 4. The van der Waals surface area contributed by atoms with Crippen LogP contribution in [0.3, 0.4) is 0 Å². The summed E-state index contributed by atoms with van der Waals surface area (Å²) in [5.74, 6) is -0.0391. The molecule has 3 aromatic rings. The molecule has 0 saturated carbocycles. The number of fused-ring (bicyclic) bond motifs is 3. The van der Waals surface area contributed by atoms with E-state index < -0.39 is 17.9 Å². The van der Waals surface area contributed by atoms with Crippen molar-refractivity contribution in [1.82, 2.24) is 25.8 Å². The number of methoxy groups -OCH3 is 2. The van der Waals surface area contributed by atoms with E-state index >= 15 is 0 Å². The van der Waals surface area contributed by atoms with E-state index in [0.29, 0.717) is 60.1 Å². The zero-order valence-corrected chi connectivity index (χ0v) is 28.5. The summed E-state index contributed by atoms with van der Waals surface area (Å²) in [7, 11) is 3.02. The molecule has 2 aromatic carbocycles. The summed E-state index contributed by atoms with van der Waals surface area (Å²) in [4.78, 5) is 59.4. The van der Waals surface area contributed by atoms with Crippen molar-refractivity contribution in [2.24, 2.45) is 5.92 Å². The van der Waals surface area contributed by atoms with E-state index in [4.69, 9.17) is 14.2 Å². The highest BCUT2D eigenvalue weighted by molar-refractivity contribution is 5.95. The van der Waals surface area contributed by atoms with Crippen LogP contribution in [0.4, 0.5) is 0 Å². The second-order valence-electron chi connectivity index (χ2n) is 12.1. The van der Waals surface area contributed by atoms with Gasteiger partial charge in [-0.25, -0.2) is 0 Å². The second-order valence-corrected chi connectivity index (χ2v) is 12.1. The Morgan fingerprint density at radius 2 is 1.69 bits per heavy atom. The van der Waals surface area contributed by atoms with Gasteiger partial charge in [0.2, 0.25) is 17.7 Å². The normalized spacial score (nSPS) is 16.5. The molecule has 12 nitrogen and oxygen atoms in total. The van der Waals surface area contributed by atoms with E-state index in [1.54, 1.807) is 36.4 Å². The third-order valence-corrected chi connectivity index (χ3v) is 7.98. The lowest BCUT2D eigenvalue weighted by molar-refractivity contribution is -0.137. The Balaban J connectivity index is 1.64. The number of rotatable bonds is 5. The maximum Gasteiger partial charge on any atom is 0.251 e. The van der Waals surface area contributed by atoms with Crippen LogP contribution in [0.1, 0.15) is 59.6 Å². The van der Waals surface area contributed by atoms with Crippen molar-refractivity contribution in [2.45, 2.75) is 59.5 Å². The van der Waals surface area contributed by atoms with Gasteiger partial charge in [-0.1, -0.05) is 19.9 Å². The number of nitrogens with zero attached hydrogens (tertiary/aromatic N) is 2. The van der Waals surface area contributed by atoms with E-state index in [9.17, 15) is 19.2 Å². The molecular formula is C36H45N5O7. The number of benzene rings is 2. The van der Waals surface area contributed by atoms with Gasteiger partial charge in [-0.2, -0.15) is 0 Å². The molecule has 12 heteroatoms. The highest BCUT2D eigenvalue weighted by Gasteiger charge is 2.27. The van der Waals surface area contributed by atoms with Crippen LogP contribution in [0.25, 0.3) is 0 Å². The van der Waals surface area contributed by atoms with Crippen molar-refractivity contribution in [3.63, 3.8) is 0 Å². The number of hydrogen-bond donors (Lipinski definition) is 3. The topological polar surface area (TPSA) is 148 Å². The minimum atomic E-state index is -0.864. The van der Waals surface area contributed by atoms with Crippen molar-refractivity contribution < 1.29 is 33.4 Å². The minimum Gasteiger partial charge on any atom is -0.496 e. The van der Waals surface area contributed by atoms with Crippen LogP contribution in [0.2, 0.25) is 0 Å². The molecule has 2 heterocycles. The number of carbonyl (C=O) groups excluding carboxylic acids is 4. The first-order valence-electron chi connectivity index (χ1n) is 16.1. The van der Waals surface area contributed by atoms with Gasteiger partial charge in [0, 0.05) is 30.0 Å². The molecule has 2 bridgehead atoms. The van der Waals surface area contributed by atoms with Gasteiger partial charge in [-0.3, -0.25) is 24.2 Å². The number of aromatic nitrogens is 1. The second kappa shape index (κ2) is 16.6. The third-order valence-electron chi connectivity index (χ3n) is 7.98. The lowest BCUT2D eigenvalue weighted by Gasteiger charge is -2.26. The third kappa shape index (κ3) is 9.46. The Morgan fingerprint density at radius 1 is 0.958 bits per heavy atom. The first kappa shape index (κ1) is 35.7. The van der Waals surface area contributed by atoms with E-state index in [2.05, 4.69) is 20.9 Å². The predicted molar refractivity (Wildman–Crippen MR) is 180 cm³/mol. The molecule has 1 aliphatic rings. The summed E-state index contributed by atoms with van der Waals surface area (Å²) in [6.07, 6.45) is 1.21. The average molecular weight is 660 g/mol. The SMILES string of the molecule is COc1ccc2cc1Oc1cccc(OC)c1CNC(=O)[C@@H](C(C)C)NC(=O)CN(C(=O)Cc1cc(C)nc(C)c1)CCCCNC2=O. The fourth-order valence-electron chi connectivity index (χ4n) is 5.57. The lowest BCUT2D eigenvalue weighted by atomic mass is 10.0. The molecule has 256 valence electrons. The molecule has 0 aliphatic carbocycles. The highest BCUT2D eigenvalue weighted by atomic mass is 16.5. The largest absolute Gasteiger partial charge is 0.496 e. The number of ether oxygens (including phenoxy) is 3. The quantitative estimate of drug-likeness (QED) is 0.374. The molecule has 0 fully saturated rings. The molecule has 3 N–H and O–H groups in total. The predicted octanol–water partition coefficient (Wildman–Crippen LogP) is 3.86. The average Bonchev–Trinajstić information content (AvgIpc) is 3.04. The molecule has 1 aliphatic heterocycles. The van der Waals surface area contributed by atoms with Gasteiger partial charge >= 0.3 is 0 Å². The zero-order chi connectivity index (χ0) is 34.8. The van der Waals surface area contributed by atoms with Crippen molar-refractivity contribution in [1.29, 1.82) is 0 Å². The number of pyridine rings is 1. The maximum absolute atomic E-state index is 13.5. The van der Waals surface area contributed by atoms with Crippen LogP contribution in [0.5, 0.6) is 23.0 Å². The Kier molecular flexibility index (Phi) is 12.4. The standard InChI is InChI=1S/C36H45N5O7/c1-22(2)34-36(45)38-20-27-28(46-5)10-9-11-29(27)48-31-19-26(12-13-30(31)47-6)35(44)37-14-7-8-15-41(21-32(42)40-34)33(43)18-25-16-23(3)39-24(4)17-25/h9-13,16-17,19,22,34H,7-8,14-15,18,20-21H2,1-6H3,(H,37,44)(H,38,45)(H,40,42)/t34-/m1/s1. The summed E-state index contributed by atoms with van der Waals surface area (Å²) < 4.78 is 17.4. The molecule has 48 heavy (non-hydrogen) atoms. The molecule has 0 unspecified atom stereocenters. The lowest BCUT2D eigenvalue weighted by Crippen LogP contribution is -2.52. The van der Waals surface area contributed by atoms with Gasteiger partial charge in [-0.05, 0) is 80.6 Å². The van der Waals surface area contributed by atoms with Crippen molar-refractivity contribution in [2.75, 3.05) is 33.9 Å². The number of aryl methyl sites for hydroxylation is 2. The summed E-state index contributed by atoms with van der Waals surface area (Å²) in [5, 5.41) is 8.68. The summed E-state index contributed by atoms with van der Waals surface area (Å²) in [6, 6.07) is 13.0. The molecule has 0 radical (unpaired) electrons. The molecule has 0 spiro atoms. The summed E-state index contributed by atoms with van der Waals surface area (Å²) in [5.41, 5.74) is 3.33. The van der Waals surface area contributed by atoms with Crippen molar-refractivity contribution >= 4 is 23.6 Å². The van der Waals surface area contributed by atoms with Gasteiger partial charge in [-0.15, -0.1) is 0 Å². The van der Waals surface area contributed by atoms with Gasteiger partial charge in [0.15, 0.2) is 11.5 Å². The molecule has 4 rings (SSSR count). The Hall–Kier alpha value is -5.13. The highest BCUT2D eigenvalue weighted by Crippen LogP contribution is 2.37. The van der Waals surface area contributed by atoms with Gasteiger partial charge < -0.3 is 35.1 Å². The number of carbonyl (C=O) groups is 4. The molecule has 1 aromatic heterocycles. The van der Waals surface area contributed by atoms with Crippen molar-refractivity contribution in [3.8, 4) is 23.0 Å². The monoisotopic (exact) mass is 659 g/mol. The van der Waals surface area contributed by atoms with Crippen LogP contribution in [0.15, 0.2) is 48.5 Å². The van der Waals surface area contributed by atoms with Crippen molar-refractivity contribution in [3.05, 3.63) is 76.6 Å². The fraction of sp³-hybridized carbons (Fsp3) is 0.417. The van der Waals surface area contributed by atoms with E-state index in [1.807, 2.05) is 39.8 Å². The van der Waals surface area contributed by atoms with Gasteiger partial charge in [0.1, 0.15) is 17.5 Å². The van der Waals surface area contributed by atoms with Crippen LogP contribution in [0, 0.1) is 19.8 Å². The molecule has 0 saturated heterocycles. The van der Waals surface area contributed by atoms with E-state index in [0.717, 1.165) is 17.0 Å². The molecular weight excluding hydrogens is 614 g/mol. The Bertz CT molecular complexity index is 1620. The first-order chi connectivity index (χ1) is 23.0. The van der Waals surface area contributed by atoms with E-state index in [-0.39, 0.29) is 37.2 Å². The fourth-order valence-corrected chi connectivity index (χ4v) is 5.57. The van der Waals surface area contributed by atoms with Crippen LogP contribution in [-0.2, 0) is 27.3 Å². The Morgan fingerprint density at radius 3 is 2.38 bits per heavy atom. The van der Waals surface area contributed by atoms with Crippen LogP contribution < -0.4 is 30.2 Å². The molecule has 1 atom stereocenters. The Labute approximate surface area is 281 Å². The van der Waals surface area contributed by atoms with Gasteiger partial charge in [0.05, 0.1) is 39.3 Å². The van der Waals surface area contributed by atoms with Gasteiger partial charge in [0.25, 0.3) is 5.91 Å². The smallest absolute Gasteiger partial charge is 0.251 e. The minimum absolute atomic E-state index is 0.0230. The van der Waals surface area contributed by atoms with Crippen LogP contribution >= 0.6 is 0 Å². The maximum atomic E-state index is 13.5. The summed E-state index contributed by atoms with van der Waals surface area (Å²) in [6.45, 7) is 7.87. The number of nitrogens with one attached hydrogen (secondary N) is 3. The van der Waals surface area contributed by atoms with E-state index in [1.165, 1.54) is 19.1 Å². The zero-order valence-electron chi connectivity index (χ0n) is 28.5.